The number of carboxylic acids is 1. The van der Waals surface area contributed by atoms with Crippen LogP contribution in [0.4, 0.5) is 4.79 Å². The fourth-order valence-electron chi connectivity index (χ4n) is 2.41. The second kappa shape index (κ2) is 6.75. The lowest BCUT2D eigenvalue weighted by Crippen LogP contribution is -2.64. The van der Waals surface area contributed by atoms with Gasteiger partial charge >= 0.3 is 12.0 Å². The van der Waals surface area contributed by atoms with E-state index < -0.39 is 31.0 Å². The maximum absolute atomic E-state index is 12.1. The van der Waals surface area contributed by atoms with Gasteiger partial charge < -0.3 is 25.8 Å². The van der Waals surface area contributed by atoms with Gasteiger partial charge in [-0.3, -0.25) is 9.59 Å². The number of ether oxygens (including phenoxy) is 1. The number of nitrogens with two attached hydrogens (primary N) is 1. The minimum Gasteiger partial charge on any atom is -0.480 e. The van der Waals surface area contributed by atoms with Crippen LogP contribution < -0.4 is 11.1 Å². The van der Waals surface area contributed by atoms with Crippen LogP contribution in [-0.2, 0) is 14.3 Å². The van der Waals surface area contributed by atoms with Gasteiger partial charge in [-0.25, -0.2) is 4.79 Å². The molecule has 0 saturated heterocycles. The fourth-order valence-corrected chi connectivity index (χ4v) is 2.41. The summed E-state index contributed by atoms with van der Waals surface area (Å²) >= 11 is 0. The molecule has 0 aromatic heterocycles. The highest BCUT2D eigenvalue weighted by molar-refractivity contribution is 5.86. The SMILES string of the molecule is CCOC1CC(NC(=O)N(CC(N)=O)CC(=O)O)C1(C)C. The van der Waals surface area contributed by atoms with Crippen LogP contribution in [0.3, 0.4) is 0 Å². The number of carbonyl (C=O) groups excluding carboxylic acids is 2. The summed E-state index contributed by atoms with van der Waals surface area (Å²) in [7, 11) is 0. The molecule has 3 amide bonds. The molecular weight excluding hydrogens is 278 g/mol. The van der Waals surface area contributed by atoms with Crippen molar-refractivity contribution in [3.63, 3.8) is 0 Å². The molecule has 1 fully saturated rings. The monoisotopic (exact) mass is 301 g/mol. The van der Waals surface area contributed by atoms with Gasteiger partial charge in [-0.2, -0.15) is 0 Å². The largest absolute Gasteiger partial charge is 0.480 e. The van der Waals surface area contributed by atoms with Crippen molar-refractivity contribution in [2.75, 3.05) is 19.7 Å². The lowest BCUT2D eigenvalue weighted by Gasteiger charge is -2.51. The molecule has 0 spiro atoms. The summed E-state index contributed by atoms with van der Waals surface area (Å²) in [6.45, 7) is 5.44. The number of rotatable bonds is 7. The molecule has 2 unspecified atom stereocenters. The topological polar surface area (TPSA) is 122 Å². The van der Waals surface area contributed by atoms with Gasteiger partial charge in [0.15, 0.2) is 0 Å². The van der Waals surface area contributed by atoms with Gasteiger partial charge in [-0.1, -0.05) is 13.8 Å². The van der Waals surface area contributed by atoms with E-state index in [9.17, 15) is 14.4 Å². The van der Waals surface area contributed by atoms with Crippen LogP contribution in [-0.4, -0.2) is 59.8 Å². The van der Waals surface area contributed by atoms with E-state index in [2.05, 4.69) is 5.32 Å². The van der Waals surface area contributed by atoms with Gasteiger partial charge in [0.2, 0.25) is 5.91 Å². The van der Waals surface area contributed by atoms with Crippen molar-refractivity contribution in [1.82, 2.24) is 10.2 Å². The Labute approximate surface area is 123 Å². The average molecular weight is 301 g/mol. The highest BCUT2D eigenvalue weighted by Crippen LogP contribution is 2.42. The lowest BCUT2D eigenvalue weighted by atomic mass is 9.64. The van der Waals surface area contributed by atoms with Gasteiger partial charge in [0.25, 0.3) is 0 Å². The number of hydrogen-bond acceptors (Lipinski definition) is 4. The van der Waals surface area contributed by atoms with Crippen molar-refractivity contribution in [3.8, 4) is 0 Å². The second-order valence-electron chi connectivity index (χ2n) is 5.72. The molecule has 1 aliphatic carbocycles. The molecule has 0 aromatic carbocycles. The number of urea groups is 1. The Bertz CT molecular complexity index is 408. The molecule has 1 rings (SSSR count). The van der Waals surface area contributed by atoms with E-state index in [-0.39, 0.29) is 17.6 Å². The van der Waals surface area contributed by atoms with Crippen molar-refractivity contribution in [2.45, 2.75) is 39.3 Å². The Hall–Kier alpha value is -1.83. The van der Waals surface area contributed by atoms with E-state index in [1.54, 1.807) is 0 Å². The van der Waals surface area contributed by atoms with Gasteiger partial charge in [0.05, 0.1) is 6.10 Å². The molecule has 0 heterocycles. The van der Waals surface area contributed by atoms with Crippen molar-refractivity contribution in [3.05, 3.63) is 0 Å². The normalized spacial score (nSPS) is 23.0. The second-order valence-corrected chi connectivity index (χ2v) is 5.72. The summed E-state index contributed by atoms with van der Waals surface area (Å²) in [6.07, 6.45) is 0.709. The number of amides is 3. The molecule has 0 aromatic rings. The van der Waals surface area contributed by atoms with Crippen LogP contribution in [0.2, 0.25) is 0 Å². The molecule has 21 heavy (non-hydrogen) atoms. The first kappa shape index (κ1) is 17.2. The molecule has 120 valence electrons. The van der Waals surface area contributed by atoms with Crippen LogP contribution >= 0.6 is 0 Å². The number of hydrogen-bond donors (Lipinski definition) is 3. The highest BCUT2D eigenvalue weighted by atomic mass is 16.5. The quantitative estimate of drug-likeness (QED) is 0.599. The third-order valence-corrected chi connectivity index (χ3v) is 3.80. The highest BCUT2D eigenvalue weighted by Gasteiger charge is 2.49. The molecule has 8 nitrogen and oxygen atoms in total. The smallest absolute Gasteiger partial charge is 0.323 e. The lowest BCUT2D eigenvalue weighted by molar-refractivity contribution is -0.138. The van der Waals surface area contributed by atoms with Crippen LogP contribution in [0.1, 0.15) is 27.2 Å². The number of carbonyl (C=O) groups is 3. The zero-order chi connectivity index (χ0) is 16.2. The first-order chi connectivity index (χ1) is 9.68. The summed E-state index contributed by atoms with van der Waals surface area (Å²) in [4.78, 5) is 34.6. The fraction of sp³-hybridized carbons (Fsp3) is 0.769. The van der Waals surface area contributed by atoms with Gasteiger partial charge in [0.1, 0.15) is 13.1 Å². The maximum atomic E-state index is 12.1. The molecule has 2 atom stereocenters. The zero-order valence-electron chi connectivity index (χ0n) is 12.6. The van der Waals surface area contributed by atoms with E-state index >= 15 is 0 Å². The number of carboxylic acid groups (broad SMARTS) is 1. The van der Waals surface area contributed by atoms with E-state index in [4.69, 9.17) is 15.6 Å². The summed E-state index contributed by atoms with van der Waals surface area (Å²) in [5, 5.41) is 11.5. The van der Waals surface area contributed by atoms with Crippen LogP contribution in [0, 0.1) is 5.41 Å². The standard InChI is InChI=1S/C13H23N3O5/c1-4-21-9-5-8(13(9,2)3)15-12(20)16(6-10(14)17)7-11(18)19/h8-9H,4-7H2,1-3H3,(H2,14,17)(H,15,20)(H,18,19). The van der Waals surface area contributed by atoms with E-state index in [1.807, 2.05) is 20.8 Å². The average Bonchev–Trinajstić information content (AvgIpc) is 2.35. The number of aliphatic carboxylic acids is 1. The van der Waals surface area contributed by atoms with Crippen LogP contribution in [0.15, 0.2) is 0 Å². The van der Waals surface area contributed by atoms with Crippen molar-refractivity contribution < 1.29 is 24.2 Å². The summed E-state index contributed by atoms with van der Waals surface area (Å²) < 4.78 is 5.56. The Morgan fingerprint density at radius 3 is 2.43 bits per heavy atom. The van der Waals surface area contributed by atoms with E-state index in [0.29, 0.717) is 13.0 Å². The van der Waals surface area contributed by atoms with Gasteiger partial charge in [0, 0.05) is 18.1 Å². The number of primary amides is 1. The molecule has 0 radical (unpaired) electrons. The Morgan fingerprint density at radius 2 is 2.00 bits per heavy atom. The van der Waals surface area contributed by atoms with E-state index in [0.717, 1.165) is 4.90 Å². The summed E-state index contributed by atoms with van der Waals surface area (Å²) in [6, 6.07) is -0.741. The first-order valence-corrected chi connectivity index (χ1v) is 6.85. The number of nitrogens with zero attached hydrogens (tertiary/aromatic N) is 1. The first-order valence-electron chi connectivity index (χ1n) is 6.85. The predicted molar refractivity (Wildman–Crippen MR) is 74.5 cm³/mol. The Kier molecular flexibility index (Phi) is 5.54. The van der Waals surface area contributed by atoms with Crippen LogP contribution in [0.5, 0.6) is 0 Å². The third-order valence-electron chi connectivity index (χ3n) is 3.80. The maximum Gasteiger partial charge on any atom is 0.323 e. The van der Waals surface area contributed by atoms with Crippen molar-refractivity contribution in [2.24, 2.45) is 11.1 Å². The minimum absolute atomic E-state index is 0.0527. The molecular formula is C13H23N3O5. The third kappa shape index (κ3) is 4.32. The van der Waals surface area contributed by atoms with E-state index in [1.165, 1.54) is 0 Å². The molecule has 4 N–H and O–H groups in total. The van der Waals surface area contributed by atoms with Crippen molar-refractivity contribution in [1.29, 1.82) is 0 Å². The van der Waals surface area contributed by atoms with Crippen LogP contribution in [0.25, 0.3) is 0 Å². The molecule has 1 aliphatic rings. The minimum atomic E-state index is -1.20. The molecule has 0 aliphatic heterocycles. The number of nitrogens with one attached hydrogen (secondary N) is 1. The zero-order valence-corrected chi connectivity index (χ0v) is 12.6. The molecule has 8 heteroatoms. The Balaban J connectivity index is 2.62. The predicted octanol–water partition coefficient (Wildman–Crippen LogP) is -0.228. The summed E-state index contributed by atoms with van der Waals surface area (Å²) in [5.74, 6) is -1.96. The van der Waals surface area contributed by atoms with Crippen molar-refractivity contribution >= 4 is 17.9 Å². The van der Waals surface area contributed by atoms with Gasteiger partial charge in [-0.05, 0) is 13.3 Å². The molecule has 0 bridgehead atoms. The molecule has 1 saturated carbocycles. The summed E-state index contributed by atoms with van der Waals surface area (Å²) in [5.41, 5.74) is 4.78. The van der Waals surface area contributed by atoms with Gasteiger partial charge in [-0.15, -0.1) is 0 Å². The Morgan fingerprint density at radius 1 is 1.38 bits per heavy atom.